The monoisotopic (exact) mass is 273 g/mol. The normalized spacial score (nSPS) is 19.1. The van der Waals surface area contributed by atoms with Crippen molar-refractivity contribution in [3.8, 4) is 0 Å². The molecule has 0 spiro atoms. The quantitative estimate of drug-likeness (QED) is 0.889. The summed E-state index contributed by atoms with van der Waals surface area (Å²) in [5.74, 6) is -5.67. The Bertz CT molecular complexity index is 467. The van der Waals surface area contributed by atoms with E-state index in [1.807, 2.05) is 0 Å². The zero-order chi connectivity index (χ0) is 14.1. The van der Waals surface area contributed by atoms with Crippen molar-refractivity contribution in [1.29, 1.82) is 0 Å². The molecule has 1 saturated heterocycles. The van der Waals surface area contributed by atoms with E-state index in [1.165, 1.54) is 0 Å². The van der Waals surface area contributed by atoms with Gasteiger partial charge in [0.2, 0.25) is 0 Å². The number of hydrogen-bond acceptors (Lipinski definition) is 2. The maximum absolute atomic E-state index is 14.5. The summed E-state index contributed by atoms with van der Waals surface area (Å²) in [6, 6.07) is 3.73. The van der Waals surface area contributed by atoms with Gasteiger partial charge in [0.15, 0.2) is 0 Å². The lowest BCUT2D eigenvalue weighted by molar-refractivity contribution is -0.188. The van der Waals surface area contributed by atoms with Crippen molar-refractivity contribution in [2.24, 2.45) is 5.41 Å². The van der Waals surface area contributed by atoms with E-state index in [4.69, 9.17) is 0 Å². The number of aliphatic carboxylic acids is 1. The predicted octanol–water partition coefficient (Wildman–Crippen LogP) is 2.37. The van der Waals surface area contributed by atoms with Crippen molar-refractivity contribution in [2.45, 2.75) is 18.8 Å². The van der Waals surface area contributed by atoms with Gasteiger partial charge in [-0.05, 0) is 38.1 Å². The molecule has 3 nitrogen and oxygen atoms in total. The highest BCUT2D eigenvalue weighted by molar-refractivity contribution is 5.76. The van der Waals surface area contributed by atoms with Crippen molar-refractivity contribution in [3.05, 3.63) is 35.6 Å². The van der Waals surface area contributed by atoms with Gasteiger partial charge < -0.3 is 10.4 Å². The Hall–Kier alpha value is -1.56. The molecule has 1 aliphatic rings. The van der Waals surface area contributed by atoms with Crippen LogP contribution in [0.1, 0.15) is 18.4 Å². The molecular formula is C13H14F3NO2. The molecule has 1 aromatic rings. The van der Waals surface area contributed by atoms with E-state index in [0.29, 0.717) is 0 Å². The second-order valence-corrected chi connectivity index (χ2v) is 4.72. The summed E-state index contributed by atoms with van der Waals surface area (Å²) in [7, 11) is 0. The van der Waals surface area contributed by atoms with E-state index in [9.17, 15) is 23.1 Å². The van der Waals surface area contributed by atoms with Gasteiger partial charge in [-0.25, -0.2) is 13.2 Å². The summed E-state index contributed by atoms with van der Waals surface area (Å²) in [5.41, 5.74) is -2.59. The first-order valence-electron chi connectivity index (χ1n) is 5.98. The maximum atomic E-state index is 14.5. The van der Waals surface area contributed by atoms with E-state index < -0.39 is 28.7 Å². The highest BCUT2D eigenvalue weighted by atomic mass is 19.3. The van der Waals surface area contributed by atoms with E-state index in [1.54, 1.807) is 0 Å². The Morgan fingerprint density at radius 3 is 2.21 bits per heavy atom. The summed E-state index contributed by atoms with van der Waals surface area (Å²) >= 11 is 0. The lowest BCUT2D eigenvalue weighted by Gasteiger charge is -2.40. The predicted molar refractivity (Wildman–Crippen MR) is 62.5 cm³/mol. The molecule has 0 unspecified atom stereocenters. The number of hydrogen-bond donors (Lipinski definition) is 2. The average molecular weight is 273 g/mol. The zero-order valence-electron chi connectivity index (χ0n) is 10.1. The van der Waals surface area contributed by atoms with Crippen LogP contribution in [0.4, 0.5) is 13.2 Å². The third-order valence-electron chi connectivity index (χ3n) is 3.67. The standard InChI is InChI=1S/C13H14F3NO2/c14-10-3-1-9(2-4-10)13(15,16)12(11(18)19)5-7-17-8-6-12/h1-4,17H,5-8H2,(H,18,19). The van der Waals surface area contributed by atoms with Crippen LogP contribution in [0.15, 0.2) is 24.3 Å². The van der Waals surface area contributed by atoms with Crippen molar-refractivity contribution < 1.29 is 23.1 Å². The van der Waals surface area contributed by atoms with Gasteiger partial charge >= 0.3 is 5.97 Å². The molecule has 2 rings (SSSR count). The third-order valence-corrected chi connectivity index (χ3v) is 3.67. The smallest absolute Gasteiger partial charge is 0.316 e. The van der Waals surface area contributed by atoms with Gasteiger partial charge in [0, 0.05) is 5.56 Å². The summed E-state index contributed by atoms with van der Waals surface area (Å²) < 4.78 is 41.9. The van der Waals surface area contributed by atoms with Crippen LogP contribution in [0, 0.1) is 11.2 Å². The molecule has 1 aromatic carbocycles. The van der Waals surface area contributed by atoms with Crippen molar-refractivity contribution >= 4 is 5.97 Å². The first-order chi connectivity index (χ1) is 8.90. The Kier molecular flexibility index (Phi) is 3.54. The molecule has 0 bridgehead atoms. The fourth-order valence-corrected chi connectivity index (χ4v) is 2.45. The van der Waals surface area contributed by atoms with Crippen LogP contribution in [-0.4, -0.2) is 24.2 Å². The van der Waals surface area contributed by atoms with Crippen LogP contribution < -0.4 is 5.32 Å². The van der Waals surface area contributed by atoms with Gasteiger partial charge in [-0.15, -0.1) is 0 Å². The Balaban J connectivity index is 2.44. The number of rotatable bonds is 3. The van der Waals surface area contributed by atoms with Crippen LogP contribution >= 0.6 is 0 Å². The maximum Gasteiger partial charge on any atom is 0.316 e. The minimum Gasteiger partial charge on any atom is -0.481 e. The van der Waals surface area contributed by atoms with Crippen LogP contribution in [0.5, 0.6) is 0 Å². The number of alkyl halides is 2. The molecule has 2 N–H and O–H groups in total. The topological polar surface area (TPSA) is 49.3 Å². The molecule has 0 saturated carbocycles. The number of carbonyl (C=O) groups is 1. The molecule has 1 fully saturated rings. The number of carboxylic acids is 1. The molecule has 6 heteroatoms. The van der Waals surface area contributed by atoms with Crippen LogP contribution in [0.25, 0.3) is 0 Å². The molecule has 0 amide bonds. The van der Waals surface area contributed by atoms with Gasteiger partial charge in [0.05, 0.1) is 0 Å². The van der Waals surface area contributed by atoms with Gasteiger partial charge in [-0.1, -0.05) is 12.1 Å². The Morgan fingerprint density at radius 2 is 1.74 bits per heavy atom. The fourth-order valence-electron chi connectivity index (χ4n) is 2.45. The van der Waals surface area contributed by atoms with Crippen LogP contribution in [0.2, 0.25) is 0 Å². The Morgan fingerprint density at radius 1 is 1.21 bits per heavy atom. The van der Waals surface area contributed by atoms with Crippen molar-refractivity contribution in [2.75, 3.05) is 13.1 Å². The number of carboxylic acid groups (broad SMARTS) is 1. The molecule has 1 heterocycles. The number of piperidine rings is 1. The van der Waals surface area contributed by atoms with Crippen molar-refractivity contribution in [3.63, 3.8) is 0 Å². The molecule has 0 atom stereocenters. The second kappa shape index (κ2) is 4.85. The number of halogens is 3. The first-order valence-corrected chi connectivity index (χ1v) is 5.98. The molecule has 104 valence electrons. The third kappa shape index (κ3) is 2.20. The number of nitrogens with one attached hydrogen (secondary N) is 1. The van der Waals surface area contributed by atoms with E-state index in [-0.39, 0.29) is 25.9 Å². The van der Waals surface area contributed by atoms with Gasteiger partial charge in [0.25, 0.3) is 5.92 Å². The van der Waals surface area contributed by atoms with E-state index in [0.717, 1.165) is 24.3 Å². The summed E-state index contributed by atoms with van der Waals surface area (Å²) in [6.07, 6.45) is -0.320. The van der Waals surface area contributed by atoms with Crippen LogP contribution in [0.3, 0.4) is 0 Å². The summed E-state index contributed by atoms with van der Waals surface area (Å²) in [6.45, 7) is 0.451. The highest BCUT2D eigenvalue weighted by Gasteiger charge is 2.60. The van der Waals surface area contributed by atoms with Gasteiger partial charge in [-0.3, -0.25) is 4.79 Å². The second-order valence-electron chi connectivity index (χ2n) is 4.72. The molecule has 1 aliphatic heterocycles. The summed E-state index contributed by atoms with van der Waals surface area (Å²) in [5, 5.41) is 12.1. The van der Waals surface area contributed by atoms with Gasteiger partial charge in [-0.2, -0.15) is 0 Å². The molecule has 0 aromatic heterocycles. The van der Waals surface area contributed by atoms with Crippen molar-refractivity contribution in [1.82, 2.24) is 5.32 Å². The van der Waals surface area contributed by atoms with E-state index >= 15 is 0 Å². The molecule has 19 heavy (non-hydrogen) atoms. The minimum atomic E-state index is -3.53. The summed E-state index contributed by atoms with van der Waals surface area (Å²) in [4.78, 5) is 11.4. The Labute approximate surface area is 108 Å². The molecular weight excluding hydrogens is 259 g/mol. The lowest BCUT2D eigenvalue weighted by atomic mass is 9.71. The van der Waals surface area contributed by atoms with Crippen LogP contribution in [-0.2, 0) is 10.7 Å². The minimum absolute atomic E-state index is 0.160. The first kappa shape index (κ1) is 13.9. The largest absolute Gasteiger partial charge is 0.481 e. The van der Waals surface area contributed by atoms with Gasteiger partial charge in [0.1, 0.15) is 11.2 Å². The SMILES string of the molecule is O=C(O)C1(C(F)(F)c2ccc(F)cc2)CCNCC1. The highest BCUT2D eigenvalue weighted by Crippen LogP contribution is 2.50. The molecule has 0 aliphatic carbocycles. The van der Waals surface area contributed by atoms with E-state index in [2.05, 4.69) is 5.32 Å². The fraction of sp³-hybridized carbons (Fsp3) is 0.462. The lowest BCUT2D eigenvalue weighted by Crippen LogP contribution is -2.52. The average Bonchev–Trinajstić information content (AvgIpc) is 2.39. The molecule has 0 radical (unpaired) electrons. The number of benzene rings is 1. The zero-order valence-corrected chi connectivity index (χ0v) is 10.1.